The zero-order valence-corrected chi connectivity index (χ0v) is 13.5. The van der Waals surface area contributed by atoms with Gasteiger partial charge in [-0.15, -0.1) is 11.3 Å². The van der Waals surface area contributed by atoms with Gasteiger partial charge in [-0.25, -0.2) is 0 Å². The van der Waals surface area contributed by atoms with Crippen molar-refractivity contribution in [1.29, 1.82) is 0 Å². The van der Waals surface area contributed by atoms with Gasteiger partial charge >= 0.3 is 0 Å². The van der Waals surface area contributed by atoms with Crippen molar-refractivity contribution in [3.05, 3.63) is 53.6 Å². The van der Waals surface area contributed by atoms with Crippen molar-refractivity contribution in [2.75, 3.05) is 5.73 Å². The molecule has 1 nitrogen and oxygen atoms in total. The van der Waals surface area contributed by atoms with Gasteiger partial charge in [-0.05, 0) is 66.1 Å². The summed E-state index contributed by atoms with van der Waals surface area (Å²) in [4.78, 5) is 1.33. The first-order valence-electron chi connectivity index (χ1n) is 7.56. The predicted molar refractivity (Wildman–Crippen MR) is 95.0 cm³/mol. The molecule has 0 spiro atoms. The summed E-state index contributed by atoms with van der Waals surface area (Å²) in [5.74, 6) is 0. The van der Waals surface area contributed by atoms with Crippen LogP contribution in [0.1, 0.15) is 30.9 Å². The normalized spacial score (nSPS) is 11.1. The van der Waals surface area contributed by atoms with Gasteiger partial charge in [0.2, 0.25) is 0 Å². The van der Waals surface area contributed by atoms with E-state index in [0.29, 0.717) is 0 Å². The van der Waals surface area contributed by atoms with Crippen LogP contribution in [0.4, 0.5) is 5.69 Å². The lowest BCUT2D eigenvalue weighted by atomic mass is 10.0. The molecule has 0 radical (unpaired) electrons. The maximum Gasteiger partial charge on any atom is 0.0355 e. The van der Waals surface area contributed by atoms with Gasteiger partial charge in [0.05, 0.1) is 0 Å². The number of thiophene rings is 1. The number of nitrogens with two attached hydrogens (primary N) is 1. The van der Waals surface area contributed by atoms with E-state index in [1.165, 1.54) is 44.5 Å². The van der Waals surface area contributed by atoms with Gasteiger partial charge in [0.25, 0.3) is 0 Å². The average molecular weight is 295 g/mol. The summed E-state index contributed by atoms with van der Waals surface area (Å²) in [5.41, 5.74) is 10.9. The minimum absolute atomic E-state index is 0.921. The molecule has 0 atom stereocenters. The van der Waals surface area contributed by atoms with Gasteiger partial charge in [0.15, 0.2) is 0 Å². The molecule has 2 heteroatoms. The third kappa shape index (κ3) is 2.96. The molecular weight excluding hydrogens is 274 g/mol. The Hall–Kier alpha value is -1.80. The van der Waals surface area contributed by atoms with Crippen LogP contribution in [0.2, 0.25) is 0 Å². The lowest BCUT2D eigenvalue weighted by molar-refractivity contribution is 0.797. The summed E-state index contributed by atoms with van der Waals surface area (Å²) in [6.07, 6.45) is 3.46. The fraction of sp³-hybridized carbons (Fsp3) is 0.263. The highest BCUT2D eigenvalue weighted by molar-refractivity contribution is 7.22. The molecule has 1 aromatic heterocycles. The van der Waals surface area contributed by atoms with E-state index in [1.807, 2.05) is 11.3 Å². The molecule has 3 rings (SSSR count). The summed E-state index contributed by atoms with van der Waals surface area (Å²) < 4.78 is 1.36. The van der Waals surface area contributed by atoms with E-state index >= 15 is 0 Å². The average Bonchev–Trinajstić information content (AvgIpc) is 2.89. The van der Waals surface area contributed by atoms with Gasteiger partial charge in [-0.1, -0.05) is 31.5 Å². The Kier molecular flexibility index (Phi) is 3.98. The molecule has 0 aliphatic rings. The molecule has 0 amide bonds. The Labute approximate surface area is 130 Å². The molecule has 3 aromatic rings. The van der Waals surface area contributed by atoms with Crippen LogP contribution >= 0.6 is 11.3 Å². The van der Waals surface area contributed by atoms with E-state index in [0.717, 1.165) is 12.1 Å². The molecule has 0 saturated carbocycles. The van der Waals surface area contributed by atoms with Gasteiger partial charge in [0.1, 0.15) is 0 Å². The van der Waals surface area contributed by atoms with Crippen molar-refractivity contribution in [1.82, 2.24) is 0 Å². The Morgan fingerprint density at radius 2 is 1.90 bits per heavy atom. The summed E-state index contributed by atoms with van der Waals surface area (Å²) in [6, 6.07) is 15.4. The highest BCUT2D eigenvalue weighted by Crippen LogP contribution is 2.35. The van der Waals surface area contributed by atoms with Gasteiger partial charge in [0, 0.05) is 15.3 Å². The second-order valence-electron chi connectivity index (χ2n) is 5.67. The van der Waals surface area contributed by atoms with E-state index in [9.17, 15) is 0 Å². The van der Waals surface area contributed by atoms with Crippen LogP contribution in [0.5, 0.6) is 0 Å². The lowest BCUT2D eigenvalue weighted by Gasteiger charge is -2.07. The molecule has 0 bridgehead atoms. The third-order valence-corrected chi connectivity index (χ3v) is 5.05. The van der Waals surface area contributed by atoms with Crippen LogP contribution in [0, 0.1) is 6.92 Å². The number of nitrogen functional groups attached to an aromatic ring is 1. The fourth-order valence-electron chi connectivity index (χ4n) is 2.62. The topological polar surface area (TPSA) is 26.0 Å². The molecule has 0 saturated heterocycles. The number of hydrogen-bond donors (Lipinski definition) is 1. The first kappa shape index (κ1) is 14.2. The van der Waals surface area contributed by atoms with E-state index < -0.39 is 0 Å². The van der Waals surface area contributed by atoms with Crippen molar-refractivity contribution in [3.8, 4) is 10.4 Å². The predicted octanol–water partition coefficient (Wildman–Crippen LogP) is 5.80. The van der Waals surface area contributed by atoms with Gasteiger partial charge in [-0.2, -0.15) is 0 Å². The molecule has 2 aromatic carbocycles. The maximum absolute atomic E-state index is 6.11. The summed E-state index contributed by atoms with van der Waals surface area (Å²) in [6.45, 7) is 4.36. The minimum Gasteiger partial charge on any atom is -0.399 e. The summed E-state index contributed by atoms with van der Waals surface area (Å²) in [5, 5.41) is 1.33. The first-order chi connectivity index (χ1) is 10.2. The molecule has 0 unspecified atom stereocenters. The first-order valence-corrected chi connectivity index (χ1v) is 8.38. The second kappa shape index (κ2) is 5.90. The molecule has 0 fully saturated rings. The van der Waals surface area contributed by atoms with Crippen molar-refractivity contribution in [2.24, 2.45) is 0 Å². The number of aryl methyl sites for hydroxylation is 2. The number of hydrogen-bond acceptors (Lipinski definition) is 2. The van der Waals surface area contributed by atoms with Crippen LogP contribution in [0.25, 0.3) is 20.5 Å². The van der Waals surface area contributed by atoms with Gasteiger partial charge < -0.3 is 5.73 Å². The zero-order chi connectivity index (χ0) is 14.8. The van der Waals surface area contributed by atoms with Crippen LogP contribution < -0.4 is 5.73 Å². The van der Waals surface area contributed by atoms with E-state index in [-0.39, 0.29) is 0 Å². The molecule has 0 aliphatic heterocycles. The second-order valence-corrected chi connectivity index (χ2v) is 6.75. The highest BCUT2D eigenvalue weighted by Gasteiger charge is 2.07. The highest BCUT2D eigenvalue weighted by atomic mass is 32.1. The smallest absolute Gasteiger partial charge is 0.0355 e. The zero-order valence-electron chi connectivity index (χ0n) is 12.6. The maximum atomic E-state index is 6.11. The molecule has 2 N–H and O–H groups in total. The minimum atomic E-state index is 0.921. The lowest BCUT2D eigenvalue weighted by Crippen LogP contribution is -1.94. The van der Waals surface area contributed by atoms with Crippen molar-refractivity contribution < 1.29 is 0 Å². The van der Waals surface area contributed by atoms with Crippen molar-refractivity contribution in [3.63, 3.8) is 0 Å². The quantitative estimate of drug-likeness (QED) is 0.605. The van der Waals surface area contributed by atoms with E-state index in [4.69, 9.17) is 5.73 Å². The fourth-order valence-corrected chi connectivity index (χ4v) is 3.78. The Morgan fingerprint density at radius 1 is 1.05 bits per heavy atom. The number of fused-ring (bicyclic) bond motifs is 1. The molecular formula is C19H21NS. The number of anilines is 1. The Morgan fingerprint density at radius 3 is 2.71 bits per heavy atom. The SMILES string of the molecule is CCCCc1cc(-c2cc3ccc(C)cc3s2)ccc1N. The van der Waals surface area contributed by atoms with Gasteiger partial charge in [-0.3, -0.25) is 0 Å². The van der Waals surface area contributed by atoms with E-state index in [1.54, 1.807) is 0 Å². The molecule has 0 aliphatic carbocycles. The Bertz CT molecular complexity index is 770. The standard InChI is InChI=1S/C19H21NS/c1-3-4-5-14-11-15(8-9-17(14)20)19-12-16-7-6-13(2)10-18(16)21-19/h6-12H,3-5,20H2,1-2H3. The molecule has 108 valence electrons. The number of benzene rings is 2. The van der Waals surface area contributed by atoms with E-state index in [2.05, 4.69) is 56.3 Å². The van der Waals surface area contributed by atoms with Crippen LogP contribution in [0.15, 0.2) is 42.5 Å². The Balaban J connectivity index is 2.01. The van der Waals surface area contributed by atoms with Crippen LogP contribution in [-0.4, -0.2) is 0 Å². The van der Waals surface area contributed by atoms with Crippen LogP contribution in [-0.2, 0) is 6.42 Å². The summed E-state index contributed by atoms with van der Waals surface area (Å²) >= 11 is 1.86. The summed E-state index contributed by atoms with van der Waals surface area (Å²) in [7, 11) is 0. The van der Waals surface area contributed by atoms with Crippen LogP contribution in [0.3, 0.4) is 0 Å². The largest absolute Gasteiger partial charge is 0.399 e. The van der Waals surface area contributed by atoms with Crippen molar-refractivity contribution in [2.45, 2.75) is 33.1 Å². The molecule has 21 heavy (non-hydrogen) atoms. The molecule has 1 heterocycles. The van der Waals surface area contributed by atoms with Crippen molar-refractivity contribution >= 4 is 27.1 Å². The number of unbranched alkanes of at least 4 members (excludes halogenated alkanes) is 1. The monoisotopic (exact) mass is 295 g/mol. The third-order valence-electron chi connectivity index (χ3n) is 3.90. The number of rotatable bonds is 4.